The van der Waals surface area contributed by atoms with Crippen molar-refractivity contribution in [2.24, 2.45) is 0 Å². The molecule has 0 atom stereocenters. The molecule has 0 N–H and O–H groups in total. The van der Waals surface area contributed by atoms with Crippen LogP contribution in [0.4, 0.5) is 0 Å². The number of benzene rings is 1. The molecule has 0 amide bonds. The molecule has 5 nitrogen and oxygen atoms in total. The van der Waals surface area contributed by atoms with Gasteiger partial charge in [0.1, 0.15) is 5.65 Å². The van der Waals surface area contributed by atoms with Crippen LogP contribution in [0, 0.1) is 0 Å². The largest absolute Gasteiger partial charge is 0.329 e. The van der Waals surface area contributed by atoms with Crippen molar-refractivity contribution in [3.63, 3.8) is 0 Å². The van der Waals surface area contributed by atoms with Crippen molar-refractivity contribution in [3.8, 4) is 0 Å². The van der Waals surface area contributed by atoms with E-state index in [9.17, 15) is 8.42 Å². The van der Waals surface area contributed by atoms with Gasteiger partial charge in [-0.05, 0) is 50.1 Å². The highest BCUT2D eigenvalue weighted by molar-refractivity contribution is 7.89. The summed E-state index contributed by atoms with van der Waals surface area (Å²) in [6.07, 6.45) is 6.69. The molecule has 4 rings (SSSR count). The third-order valence-electron chi connectivity index (χ3n) is 5.04. The molecule has 6 heteroatoms. The Morgan fingerprint density at radius 3 is 2.52 bits per heavy atom. The standard InChI is InChI=1S/C21H23N3O2S/c1-16(2)24-15-20(19-9-6-12-22-21(19)24)17-10-13-23(14-11-17)27(25,26)18-7-4-3-5-8-18/h3-10,12,15-16H,11,13-14H2,1-2H3. The fraction of sp³-hybridized carbons (Fsp3) is 0.286. The average molecular weight is 382 g/mol. The van der Waals surface area contributed by atoms with E-state index in [-0.39, 0.29) is 0 Å². The van der Waals surface area contributed by atoms with Crippen LogP contribution >= 0.6 is 0 Å². The lowest BCUT2D eigenvalue weighted by Crippen LogP contribution is -2.34. The SMILES string of the molecule is CC(C)n1cc(C2=CCN(S(=O)(=O)c3ccccc3)CC2)c2cccnc21. The summed E-state index contributed by atoms with van der Waals surface area (Å²) in [5.41, 5.74) is 3.32. The van der Waals surface area contributed by atoms with E-state index in [4.69, 9.17) is 0 Å². The van der Waals surface area contributed by atoms with E-state index >= 15 is 0 Å². The Bertz CT molecular complexity index is 1100. The van der Waals surface area contributed by atoms with E-state index in [1.165, 1.54) is 5.57 Å². The molecule has 3 heterocycles. The topological polar surface area (TPSA) is 55.2 Å². The summed E-state index contributed by atoms with van der Waals surface area (Å²) >= 11 is 0. The molecule has 2 aromatic heterocycles. The Morgan fingerprint density at radius 1 is 1.07 bits per heavy atom. The number of nitrogens with zero attached hydrogens (tertiary/aromatic N) is 3. The van der Waals surface area contributed by atoms with E-state index in [0.717, 1.165) is 16.6 Å². The van der Waals surface area contributed by atoms with E-state index in [2.05, 4.69) is 35.7 Å². The predicted molar refractivity (Wildman–Crippen MR) is 108 cm³/mol. The van der Waals surface area contributed by atoms with Gasteiger partial charge in [-0.3, -0.25) is 0 Å². The fourth-order valence-corrected chi connectivity index (χ4v) is 4.99. The third kappa shape index (κ3) is 3.19. The number of aromatic nitrogens is 2. The highest BCUT2D eigenvalue weighted by Crippen LogP contribution is 2.32. The number of fused-ring (bicyclic) bond motifs is 1. The Labute approximate surface area is 160 Å². The molecule has 0 saturated carbocycles. The molecule has 0 fully saturated rings. The van der Waals surface area contributed by atoms with Gasteiger partial charge in [-0.2, -0.15) is 4.31 Å². The van der Waals surface area contributed by atoms with Crippen LogP contribution in [0.5, 0.6) is 0 Å². The minimum absolute atomic E-state index is 0.315. The maximum Gasteiger partial charge on any atom is 0.243 e. The van der Waals surface area contributed by atoms with Crippen molar-refractivity contribution in [1.29, 1.82) is 0 Å². The fourth-order valence-electron chi connectivity index (χ4n) is 3.59. The van der Waals surface area contributed by atoms with Crippen LogP contribution in [0.15, 0.2) is 65.8 Å². The molecule has 3 aromatic rings. The van der Waals surface area contributed by atoms with Gasteiger partial charge in [0.15, 0.2) is 0 Å². The Balaban J connectivity index is 1.66. The molecule has 1 aromatic carbocycles. The van der Waals surface area contributed by atoms with Crippen LogP contribution in [0.1, 0.15) is 31.9 Å². The first-order valence-corrected chi connectivity index (χ1v) is 10.6. The number of hydrogen-bond acceptors (Lipinski definition) is 3. The number of rotatable bonds is 4. The number of hydrogen-bond donors (Lipinski definition) is 0. The van der Waals surface area contributed by atoms with Crippen LogP contribution in [-0.2, 0) is 10.0 Å². The number of pyridine rings is 1. The molecule has 0 aliphatic carbocycles. The first-order chi connectivity index (χ1) is 13.0. The van der Waals surface area contributed by atoms with Crippen LogP contribution in [0.25, 0.3) is 16.6 Å². The van der Waals surface area contributed by atoms with Crippen molar-refractivity contribution >= 4 is 26.6 Å². The third-order valence-corrected chi connectivity index (χ3v) is 6.92. The molecule has 0 spiro atoms. The van der Waals surface area contributed by atoms with Gasteiger partial charge in [-0.15, -0.1) is 0 Å². The maximum absolute atomic E-state index is 12.8. The minimum Gasteiger partial charge on any atom is -0.329 e. The van der Waals surface area contributed by atoms with Gasteiger partial charge in [0.05, 0.1) is 4.90 Å². The summed E-state index contributed by atoms with van der Waals surface area (Å²) in [6, 6.07) is 13.0. The molecule has 1 aliphatic rings. The minimum atomic E-state index is -3.45. The molecule has 0 bridgehead atoms. The summed E-state index contributed by atoms with van der Waals surface area (Å²) in [5.74, 6) is 0. The van der Waals surface area contributed by atoms with Gasteiger partial charge >= 0.3 is 0 Å². The van der Waals surface area contributed by atoms with Gasteiger partial charge in [-0.25, -0.2) is 13.4 Å². The van der Waals surface area contributed by atoms with Crippen LogP contribution in [0.3, 0.4) is 0 Å². The first-order valence-electron chi connectivity index (χ1n) is 9.18. The van der Waals surface area contributed by atoms with Gasteiger partial charge in [0.2, 0.25) is 10.0 Å². The van der Waals surface area contributed by atoms with Crippen molar-refractivity contribution < 1.29 is 8.42 Å². The summed E-state index contributed by atoms with van der Waals surface area (Å²) in [4.78, 5) is 4.89. The number of sulfonamides is 1. The van der Waals surface area contributed by atoms with E-state index < -0.39 is 10.0 Å². The van der Waals surface area contributed by atoms with Gasteiger partial charge in [0, 0.05) is 42.5 Å². The smallest absolute Gasteiger partial charge is 0.243 e. The molecule has 0 saturated heterocycles. The van der Waals surface area contributed by atoms with Crippen molar-refractivity contribution in [1.82, 2.24) is 13.9 Å². The molecule has 0 unspecified atom stereocenters. The lowest BCUT2D eigenvalue weighted by molar-refractivity contribution is 0.441. The Kier molecular flexibility index (Phi) is 4.61. The normalized spacial score (nSPS) is 16.0. The molecular weight excluding hydrogens is 358 g/mol. The van der Waals surface area contributed by atoms with Crippen LogP contribution < -0.4 is 0 Å². The molecule has 0 radical (unpaired) electrons. The van der Waals surface area contributed by atoms with Crippen molar-refractivity contribution in [2.75, 3.05) is 13.1 Å². The lowest BCUT2D eigenvalue weighted by atomic mass is 10.0. The second-order valence-corrected chi connectivity index (χ2v) is 9.01. The monoisotopic (exact) mass is 381 g/mol. The Hall–Kier alpha value is -2.44. The van der Waals surface area contributed by atoms with Gasteiger partial charge in [-0.1, -0.05) is 24.3 Å². The molecule has 27 heavy (non-hydrogen) atoms. The van der Waals surface area contributed by atoms with Crippen molar-refractivity contribution in [3.05, 3.63) is 66.5 Å². The quantitative estimate of drug-likeness (QED) is 0.684. The molecular formula is C21H23N3O2S. The zero-order valence-electron chi connectivity index (χ0n) is 15.5. The predicted octanol–water partition coefficient (Wildman–Crippen LogP) is 4.10. The second-order valence-electron chi connectivity index (χ2n) is 7.07. The van der Waals surface area contributed by atoms with Gasteiger partial charge in [0.25, 0.3) is 0 Å². The highest BCUT2D eigenvalue weighted by Gasteiger charge is 2.27. The van der Waals surface area contributed by atoms with Crippen molar-refractivity contribution in [2.45, 2.75) is 31.2 Å². The molecule has 1 aliphatic heterocycles. The van der Waals surface area contributed by atoms with Crippen LogP contribution in [0.2, 0.25) is 0 Å². The molecule has 140 valence electrons. The van der Waals surface area contributed by atoms with E-state index in [1.807, 2.05) is 24.4 Å². The Morgan fingerprint density at radius 2 is 1.85 bits per heavy atom. The summed E-state index contributed by atoms with van der Waals surface area (Å²) in [7, 11) is -3.45. The van der Waals surface area contributed by atoms with Crippen LogP contribution in [-0.4, -0.2) is 35.4 Å². The highest BCUT2D eigenvalue weighted by atomic mass is 32.2. The van der Waals surface area contributed by atoms with E-state index in [1.54, 1.807) is 28.6 Å². The maximum atomic E-state index is 12.8. The summed E-state index contributed by atoms with van der Waals surface area (Å²) in [5, 5.41) is 1.12. The average Bonchev–Trinajstić information content (AvgIpc) is 3.09. The van der Waals surface area contributed by atoms with Gasteiger partial charge < -0.3 is 4.57 Å². The summed E-state index contributed by atoms with van der Waals surface area (Å²) in [6.45, 7) is 5.15. The lowest BCUT2D eigenvalue weighted by Gasteiger charge is -2.25. The zero-order valence-corrected chi connectivity index (χ0v) is 16.4. The second kappa shape index (κ2) is 6.94. The summed E-state index contributed by atoms with van der Waals surface area (Å²) < 4.78 is 29.4. The first kappa shape index (κ1) is 17.9. The zero-order chi connectivity index (χ0) is 19.0. The van der Waals surface area contributed by atoms with E-state index in [0.29, 0.717) is 30.4 Å².